The van der Waals surface area contributed by atoms with E-state index in [9.17, 15) is 0 Å². The predicted molar refractivity (Wildman–Crippen MR) is 87.7 cm³/mol. The van der Waals surface area contributed by atoms with Gasteiger partial charge < -0.3 is 11.1 Å². The van der Waals surface area contributed by atoms with Crippen LogP contribution in [0.3, 0.4) is 0 Å². The molecule has 0 spiro atoms. The number of nitrogens with one attached hydrogen (secondary N) is 1. The standard InChI is InChI=1S/C18H36N2/c1-15(2)11-18(9-3-4-10-18)14-20-13-17-7-5-16(12-19)6-8-17/h15-17,20H,3-14,19H2,1-2H3. The van der Waals surface area contributed by atoms with Crippen molar-refractivity contribution in [1.82, 2.24) is 5.32 Å². The molecule has 2 aliphatic rings. The molecule has 118 valence electrons. The fourth-order valence-corrected chi connectivity index (χ4v) is 4.66. The number of rotatable bonds is 7. The van der Waals surface area contributed by atoms with Crippen LogP contribution in [0, 0.1) is 23.2 Å². The minimum Gasteiger partial charge on any atom is -0.330 e. The van der Waals surface area contributed by atoms with Crippen molar-refractivity contribution >= 4 is 0 Å². The van der Waals surface area contributed by atoms with Crippen molar-refractivity contribution in [2.24, 2.45) is 28.9 Å². The van der Waals surface area contributed by atoms with E-state index < -0.39 is 0 Å². The molecule has 0 heterocycles. The van der Waals surface area contributed by atoms with E-state index in [4.69, 9.17) is 5.73 Å². The van der Waals surface area contributed by atoms with E-state index in [0.717, 1.165) is 24.3 Å². The van der Waals surface area contributed by atoms with Crippen LogP contribution in [0.1, 0.15) is 71.6 Å². The Morgan fingerprint density at radius 3 is 2.20 bits per heavy atom. The van der Waals surface area contributed by atoms with E-state index >= 15 is 0 Å². The molecule has 2 saturated carbocycles. The second-order valence-electron chi connectivity index (χ2n) is 8.06. The maximum Gasteiger partial charge on any atom is 0.000802 e. The van der Waals surface area contributed by atoms with Gasteiger partial charge in [-0.3, -0.25) is 0 Å². The van der Waals surface area contributed by atoms with Crippen LogP contribution in [-0.4, -0.2) is 19.6 Å². The van der Waals surface area contributed by atoms with Crippen LogP contribution in [0.15, 0.2) is 0 Å². The van der Waals surface area contributed by atoms with Crippen molar-refractivity contribution in [3.63, 3.8) is 0 Å². The summed E-state index contributed by atoms with van der Waals surface area (Å²) in [5, 5.41) is 3.84. The molecule has 2 aliphatic carbocycles. The molecule has 2 rings (SSSR count). The Kier molecular flexibility index (Phi) is 6.35. The van der Waals surface area contributed by atoms with E-state index in [1.54, 1.807) is 0 Å². The molecular formula is C18H36N2. The van der Waals surface area contributed by atoms with Gasteiger partial charge in [0.2, 0.25) is 0 Å². The van der Waals surface area contributed by atoms with Crippen molar-refractivity contribution in [3.8, 4) is 0 Å². The zero-order valence-corrected chi connectivity index (χ0v) is 13.8. The molecular weight excluding hydrogens is 244 g/mol. The number of nitrogens with two attached hydrogens (primary N) is 1. The van der Waals surface area contributed by atoms with Crippen LogP contribution in [0.4, 0.5) is 0 Å². The minimum absolute atomic E-state index is 0.628. The third kappa shape index (κ3) is 4.73. The van der Waals surface area contributed by atoms with E-state index in [0.29, 0.717) is 5.41 Å². The van der Waals surface area contributed by atoms with Gasteiger partial charge in [0.15, 0.2) is 0 Å². The highest BCUT2D eigenvalue weighted by Gasteiger charge is 2.34. The molecule has 0 aromatic carbocycles. The molecule has 0 unspecified atom stereocenters. The summed E-state index contributed by atoms with van der Waals surface area (Å²) < 4.78 is 0. The van der Waals surface area contributed by atoms with Crippen molar-refractivity contribution in [1.29, 1.82) is 0 Å². The van der Waals surface area contributed by atoms with Gasteiger partial charge in [0.05, 0.1) is 0 Å². The summed E-state index contributed by atoms with van der Waals surface area (Å²) in [6.07, 6.45) is 12.8. The van der Waals surface area contributed by atoms with Gasteiger partial charge in [-0.05, 0) is 81.2 Å². The largest absolute Gasteiger partial charge is 0.330 e. The van der Waals surface area contributed by atoms with Crippen LogP contribution in [0.25, 0.3) is 0 Å². The quantitative estimate of drug-likeness (QED) is 0.741. The maximum atomic E-state index is 5.78. The van der Waals surface area contributed by atoms with Crippen LogP contribution in [0.5, 0.6) is 0 Å². The first kappa shape index (κ1) is 16.3. The maximum absolute atomic E-state index is 5.78. The predicted octanol–water partition coefficient (Wildman–Crippen LogP) is 3.95. The lowest BCUT2D eigenvalue weighted by atomic mass is 9.78. The molecule has 0 aromatic rings. The molecule has 2 fully saturated rings. The normalized spacial score (nSPS) is 30.0. The Morgan fingerprint density at radius 2 is 1.65 bits per heavy atom. The molecule has 0 atom stereocenters. The Labute approximate surface area is 126 Å². The first-order valence-electron chi connectivity index (χ1n) is 9.04. The summed E-state index contributed by atoms with van der Waals surface area (Å²) in [7, 11) is 0. The van der Waals surface area contributed by atoms with E-state index in [-0.39, 0.29) is 0 Å². The van der Waals surface area contributed by atoms with Gasteiger partial charge in [-0.15, -0.1) is 0 Å². The first-order valence-corrected chi connectivity index (χ1v) is 9.04. The zero-order valence-electron chi connectivity index (χ0n) is 13.8. The lowest BCUT2D eigenvalue weighted by Crippen LogP contribution is -2.37. The summed E-state index contributed by atoms with van der Waals surface area (Å²) in [5.41, 5.74) is 6.41. The average Bonchev–Trinajstić information content (AvgIpc) is 2.87. The monoisotopic (exact) mass is 280 g/mol. The third-order valence-corrected chi connectivity index (χ3v) is 5.74. The molecule has 0 aromatic heterocycles. The third-order valence-electron chi connectivity index (χ3n) is 5.74. The van der Waals surface area contributed by atoms with Gasteiger partial charge in [-0.1, -0.05) is 26.7 Å². The Hall–Kier alpha value is -0.0800. The highest BCUT2D eigenvalue weighted by Crippen LogP contribution is 2.42. The lowest BCUT2D eigenvalue weighted by molar-refractivity contribution is 0.208. The van der Waals surface area contributed by atoms with Crippen LogP contribution < -0.4 is 11.1 Å². The van der Waals surface area contributed by atoms with Crippen molar-refractivity contribution in [2.45, 2.75) is 71.6 Å². The molecule has 0 amide bonds. The Balaban J connectivity index is 1.69. The Bertz CT molecular complexity index is 261. The van der Waals surface area contributed by atoms with Gasteiger partial charge in [0.1, 0.15) is 0 Å². The summed E-state index contributed by atoms with van der Waals surface area (Å²) in [6, 6.07) is 0. The molecule has 0 bridgehead atoms. The molecule has 2 nitrogen and oxygen atoms in total. The molecule has 20 heavy (non-hydrogen) atoms. The zero-order chi connectivity index (χ0) is 14.4. The minimum atomic E-state index is 0.628. The highest BCUT2D eigenvalue weighted by molar-refractivity contribution is 4.88. The van der Waals surface area contributed by atoms with Crippen LogP contribution in [0.2, 0.25) is 0 Å². The van der Waals surface area contributed by atoms with Crippen LogP contribution >= 0.6 is 0 Å². The van der Waals surface area contributed by atoms with Crippen LogP contribution in [-0.2, 0) is 0 Å². The van der Waals surface area contributed by atoms with Crippen molar-refractivity contribution < 1.29 is 0 Å². The van der Waals surface area contributed by atoms with Gasteiger partial charge in [0, 0.05) is 6.54 Å². The smallest absolute Gasteiger partial charge is 0.000802 e. The van der Waals surface area contributed by atoms with E-state index in [1.807, 2.05) is 0 Å². The SMILES string of the molecule is CC(C)CC1(CNCC2CCC(CN)CC2)CCCC1. The highest BCUT2D eigenvalue weighted by atomic mass is 14.9. The molecule has 2 heteroatoms. The van der Waals surface area contributed by atoms with Gasteiger partial charge in [-0.25, -0.2) is 0 Å². The summed E-state index contributed by atoms with van der Waals surface area (Å²) in [6.45, 7) is 8.18. The van der Waals surface area contributed by atoms with Crippen molar-refractivity contribution in [2.75, 3.05) is 19.6 Å². The summed E-state index contributed by atoms with van der Waals surface area (Å²) in [5.74, 6) is 2.57. The topological polar surface area (TPSA) is 38.0 Å². The fourth-order valence-electron chi connectivity index (χ4n) is 4.66. The first-order chi connectivity index (χ1) is 9.63. The number of hydrogen-bond donors (Lipinski definition) is 2. The van der Waals surface area contributed by atoms with Gasteiger partial charge in [-0.2, -0.15) is 0 Å². The molecule has 0 aliphatic heterocycles. The molecule has 3 N–H and O–H groups in total. The van der Waals surface area contributed by atoms with Gasteiger partial charge in [0.25, 0.3) is 0 Å². The number of hydrogen-bond acceptors (Lipinski definition) is 2. The summed E-state index contributed by atoms with van der Waals surface area (Å²) in [4.78, 5) is 0. The fraction of sp³-hybridized carbons (Fsp3) is 1.00. The Morgan fingerprint density at radius 1 is 1.05 bits per heavy atom. The summed E-state index contributed by atoms with van der Waals surface area (Å²) >= 11 is 0. The molecule has 0 saturated heterocycles. The molecule has 0 radical (unpaired) electrons. The van der Waals surface area contributed by atoms with Gasteiger partial charge >= 0.3 is 0 Å². The lowest BCUT2D eigenvalue weighted by Gasteiger charge is -2.33. The second-order valence-corrected chi connectivity index (χ2v) is 8.06. The van der Waals surface area contributed by atoms with E-state index in [2.05, 4.69) is 19.2 Å². The van der Waals surface area contributed by atoms with E-state index in [1.165, 1.54) is 70.9 Å². The van der Waals surface area contributed by atoms with Crippen molar-refractivity contribution in [3.05, 3.63) is 0 Å². The average molecular weight is 280 g/mol. The second kappa shape index (κ2) is 7.79.